The lowest BCUT2D eigenvalue weighted by molar-refractivity contribution is 0.220. The van der Waals surface area contributed by atoms with Gasteiger partial charge in [-0.15, -0.1) is 0 Å². The smallest absolute Gasteiger partial charge is 0.124 e. The maximum absolute atomic E-state index is 5.90. The normalized spacial score (nSPS) is 17.9. The Morgan fingerprint density at radius 2 is 2.12 bits per heavy atom. The van der Waals surface area contributed by atoms with Crippen molar-refractivity contribution in [2.24, 2.45) is 11.7 Å². The summed E-state index contributed by atoms with van der Waals surface area (Å²) in [5.74, 6) is 1.86. The van der Waals surface area contributed by atoms with Crippen molar-refractivity contribution >= 4 is 0 Å². The molecule has 0 saturated heterocycles. The van der Waals surface area contributed by atoms with E-state index in [0.717, 1.165) is 23.8 Å². The number of ether oxygens (including phenoxy) is 1. The van der Waals surface area contributed by atoms with Crippen LogP contribution in [0.5, 0.6) is 5.75 Å². The second kappa shape index (κ2) is 5.35. The zero-order valence-electron chi connectivity index (χ0n) is 9.99. The second-order valence-corrected chi connectivity index (χ2v) is 4.76. The third-order valence-electron chi connectivity index (χ3n) is 3.42. The first-order chi connectivity index (χ1) is 7.77. The number of rotatable bonds is 5. The lowest BCUT2D eigenvalue weighted by Gasteiger charge is -2.25. The van der Waals surface area contributed by atoms with Gasteiger partial charge in [-0.05, 0) is 25.3 Å². The summed E-state index contributed by atoms with van der Waals surface area (Å²) in [5, 5.41) is 0. The molecule has 1 unspecified atom stereocenters. The van der Waals surface area contributed by atoms with Crippen LogP contribution in [0.15, 0.2) is 24.3 Å². The minimum atomic E-state index is 0.0416. The first-order valence-electron chi connectivity index (χ1n) is 6.24. The average molecular weight is 219 g/mol. The summed E-state index contributed by atoms with van der Waals surface area (Å²) in [4.78, 5) is 0. The van der Waals surface area contributed by atoms with Crippen LogP contribution in [0.2, 0.25) is 0 Å². The molecule has 2 heteroatoms. The number of benzene rings is 1. The molecule has 0 aromatic heterocycles. The van der Waals surface area contributed by atoms with Gasteiger partial charge in [0.15, 0.2) is 0 Å². The molecule has 2 rings (SSSR count). The Bertz CT molecular complexity index is 331. The van der Waals surface area contributed by atoms with Crippen molar-refractivity contribution in [2.75, 3.05) is 6.61 Å². The molecular weight excluding hydrogens is 198 g/mol. The Balaban J connectivity index is 1.87. The van der Waals surface area contributed by atoms with E-state index < -0.39 is 0 Å². The van der Waals surface area contributed by atoms with E-state index in [1.54, 1.807) is 0 Å². The van der Waals surface area contributed by atoms with Crippen molar-refractivity contribution in [3.63, 3.8) is 0 Å². The molecule has 1 saturated carbocycles. The molecule has 0 aliphatic heterocycles. The van der Waals surface area contributed by atoms with E-state index in [-0.39, 0.29) is 6.04 Å². The van der Waals surface area contributed by atoms with Crippen LogP contribution < -0.4 is 10.5 Å². The van der Waals surface area contributed by atoms with Crippen molar-refractivity contribution in [3.05, 3.63) is 29.8 Å². The van der Waals surface area contributed by atoms with Gasteiger partial charge in [0.1, 0.15) is 5.75 Å². The van der Waals surface area contributed by atoms with Gasteiger partial charge < -0.3 is 10.5 Å². The molecule has 2 N–H and O–H groups in total. The molecule has 1 atom stereocenters. The van der Waals surface area contributed by atoms with Crippen LogP contribution in [0.3, 0.4) is 0 Å². The molecule has 0 amide bonds. The molecule has 1 aliphatic rings. The SMILES string of the molecule is CC(N)c1ccccc1OCCC1CCC1. The number of para-hydroxylation sites is 1. The Morgan fingerprint density at radius 3 is 2.75 bits per heavy atom. The first-order valence-corrected chi connectivity index (χ1v) is 6.24. The molecule has 0 radical (unpaired) electrons. The molecule has 1 fully saturated rings. The minimum absolute atomic E-state index is 0.0416. The van der Waals surface area contributed by atoms with E-state index in [1.807, 2.05) is 31.2 Å². The number of hydrogen-bond acceptors (Lipinski definition) is 2. The zero-order chi connectivity index (χ0) is 11.4. The highest BCUT2D eigenvalue weighted by Gasteiger charge is 2.17. The van der Waals surface area contributed by atoms with Crippen LogP contribution in [-0.2, 0) is 0 Å². The van der Waals surface area contributed by atoms with Crippen LogP contribution in [-0.4, -0.2) is 6.61 Å². The predicted octanol–water partition coefficient (Wildman–Crippen LogP) is 3.28. The molecule has 16 heavy (non-hydrogen) atoms. The molecule has 1 aliphatic carbocycles. The van der Waals surface area contributed by atoms with Gasteiger partial charge >= 0.3 is 0 Å². The molecule has 2 nitrogen and oxygen atoms in total. The number of hydrogen-bond donors (Lipinski definition) is 1. The van der Waals surface area contributed by atoms with Crippen molar-refractivity contribution < 1.29 is 4.74 Å². The molecule has 1 aromatic carbocycles. The highest BCUT2D eigenvalue weighted by atomic mass is 16.5. The van der Waals surface area contributed by atoms with Gasteiger partial charge in [0.2, 0.25) is 0 Å². The fraction of sp³-hybridized carbons (Fsp3) is 0.571. The average Bonchev–Trinajstić information content (AvgIpc) is 2.22. The maximum Gasteiger partial charge on any atom is 0.124 e. The van der Waals surface area contributed by atoms with Gasteiger partial charge in [-0.25, -0.2) is 0 Å². The van der Waals surface area contributed by atoms with E-state index >= 15 is 0 Å². The lowest BCUT2D eigenvalue weighted by atomic mass is 9.83. The minimum Gasteiger partial charge on any atom is -0.493 e. The summed E-state index contributed by atoms with van der Waals surface area (Å²) >= 11 is 0. The molecule has 0 bridgehead atoms. The van der Waals surface area contributed by atoms with Gasteiger partial charge in [0, 0.05) is 11.6 Å². The fourth-order valence-corrected chi connectivity index (χ4v) is 2.11. The van der Waals surface area contributed by atoms with Crippen LogP contribution in [0.4, 0.5) is 0 Å². The Kier molecular flexibility index (Phi) is 3.83. The standard InChI is InChI=1S/C14H21NO/c1-11(15)13-7-2-3-8-14(13)16-10-9-12-5-4-6-12/h2-3,7-8,11-12H,4-6,9-10,15H2,1H3. The van der Waals surface area contributed by atoms with Gasteiger partial charge in [-0.2, -0.15) is 0 Å². The summed E-state index contributed by atoms with van der Waals surface area (Å²) in [6, 6.07) is 8.12. The van der Waals surface area contributed by atoms with Gasteiger partial charge in [0.25, 0.3) is 0 Å². The molecule has 0 spiro atoms. The summed E-state index contributed by atoms with van der Waals surface area (Å²) in [6.45, 7) is 2.82. The highest BCUT2D eigenvalue weighted by molar-refractivity contribution is 5.35. The van der Waals surface area contributed by atoms with E-state index in [4.69, 9.17) is 10.5 Å². The van der Waals surface area contributed by atoms with Crippen molar-refractivity contribution in [3.8, 4) is 5.75 Å². The van der Waals surface area contributed by atoms with Crippen molar-refractivity contribution in [1.82, 2.24) is 0 Å². The fourth-order valence-electron chi connectivity index (χ4n) is 2.11. The monoisotopic (exact) mass is 219 g/mol. The van der Waals surface area contributed by atoms with E-state index in [2.05, 4.69) is 0 Å². The van der Waals surface area contributed by atoms with E-state index in [1.165, 1.54) is 25.7 Å². The Morgan fingerprint density at radius 1 is 1.38 bits per heavy atom. The van der Waals surface area contributed by atoms with Gasteiger partial charge in [-0.3, -0.25) is 0 Å². The molecular formula is C14H21NO. The molecule has 1 aromatic rings. The van der Waals surface area contributed by atoms with Crippen LogP contribution in [0, 0.1) is 5.92 Å². The Hall–Kier alpha value is -1.02. The van der Waals surface area contributed by atoms with Crippen molar-refractivity contribution in [1.29, 1.82) is 0 Å². The van der Waals surface area contributed by atoms with Crippen LogP contribution >= 0.6 is 0 Å². The molecule has 88 valence electrons. The quantitative estimate of drug-likeness (QED) is 0.824. The summed E-state index contributed by atoms with van der Waals surface area (Å²) in [6.07, 6.45) is 5.37. The summed E-state index contributed by atoms with van der Waals surface area (Å²) in [7, 11) is 0. The zero-order valence-corrected chi connectivity index (χ0v) is 9.99. The third-order valence-corrected chi connectivity index (χ3v) is 3.42. The third kappa shape index (κ3) is 2.76. The topological polar surface area (TPSA) is 35.2 Å². The summed E-state index contributed by atoms with van der Waals surface area (Å²) in [5.41, 5.74) is 7.01. The Labute approximate surface area is 97.8 Å². The number of nitrogens with two attached hydrogens (primary N) is 1. The maximum atomic E-state index is 5.90. The van der Waals surface area contributed by atoms with Crippen molar-refractivity contribution in [2.45, 2.75) is 38.6 Å². The molecule has 0 heterocycles. The second-order valence-electron chi connectivity index (χ2n) is 4.76. The predicted molar refractivity (Wildman–Crippen MR) is 66.5 cm³/mol. The highest BCUT2D eigenvalue weighted by Crippen LogP contribution is 2.30. The lowest BCUT2D eigenvalue weighted by Crippen LogP contribution is -2.15. The summed E-state index contributed by atoms with van der Waals surface area (Å²) < 4.78 is 5.82. The largest absolute Gasteiger partial charge is 0.493 e. The van der Waals surface area contributed by atoms with E-state index in [9.17, 15) is 0 Å². The van der Waals surface area contributed by atoms with E-state index in [0.29, 0.717) is 0 Å². The van der Waals surface area contributed by atoms with Gasteiger partial charge in [0.05, 0.1) is 6.61 Å². The van der Waals surface area contributed by atoms with Crippen LogP contribution in [0.1, 0.15) is 44.2 Å². The van der Waals surface area contributed by atoms with Gasteiger partial charge in [-0.1, -0.05) is 37.5 Å². The van der Waals surface area contributed by atoms with Crippen LogP contribution in [0.25, 0.3) is 0 Å². The first kappa shape index (κ1) is 11.5.